The fourth-order valence-electron chi connectivity index (χ4n) is 4.97. The summed E-state index contributed by atoms with van der Waals surface area (Å²) in [7, 11) is -0.335. The Morgan fingerprint density at radius 2 is 1.83 bits per heavy atom. The summed E-state index contributed by atoms with van der Waals surface area (Å²) in [6, 6.07) is 19.2. The number of methoxy groups -OCH3 is 1. The number of carbonyl (C=O) groups is 1. The number of hydrogen-bond donors (Lipinski definition) is 2. The van der Waals surface area contributed by atoms with Crippen molar-refractivity contribution in [2.45, 2.75) is 31.7 Å². The van der Waals surface area contributed by atoms with Gasteiger partial charge in [0, 0.05) is 30.0 Å². The average Bonchev–Trinajstić information content (AvgIpc) is 3.74. The van der Waals surface area contributed by atoms with E-state index in [1.54, 1.807) is 18.8 Å². The molecule has 4 aromatic rings. The van der Waals surface area contributed by atoms with E-state index in [-0.39, 0.29) is 11.8 Å². The Balaban J connectivity index is 1.44. The van der Waals surface area contributed by atoms with Crippen molar-refractivity contribution in [3.05, 3.63) is 82.0 Å². The maximum atomic E-state index is 13.1. The predicted octanol–water partition coefficient (Wildman–Crippen LogP) is 4.98. The summed E-state index contributed by atoms with van der Waals surface area (Å²) >= 11 is 3.46. The molecule has 3 aromatic carbocycles. The SMILES string of the molecule is CNC(=O)c1c2cc(C3CC3)c(N(CCCNCc3ccc(OC)cc3)S(C)(=O)=O)cc2nn1-c1ccc(Br)cc1. The molecule has 1 aliphatic carbocycles. The summed E-state index contributed by atoms with van der Waals surface area (Å²) in [6.07, 6.45) is 3.84. The molecule has 0 radical (unpaired) electrons. The van der Waals surface area contributed by atoms with Crippen LogP contribution in [0, 0.1) is 0 Å². The molecular weight excluding hydrogens is 606 g/mol. The van der Waals surface area contributed by atoms with Crippen LogP contribution in [0.2, 0.25) is 0 Å². The molecule has 1 aliphatic rings. The largest absolute Gasteiger partial charge is 0.497 e. The number of hydrogen-bond acceptors (Lipinski definition) is 6. The first-order valence-electron chi connectivity index (χ1n) is 13.6. The first kappa shape index (κ1) is 29.1. The lowest BCUT2D eigenvalue weighted by molar-refractivity contribution is 0.0957. The van der Waals surface area contributed by atoms with Gasteiger partial charge in [0.2, 0.25) is 10.0 Å². The monoisotopic (exact) mass is 639 g/mol. The maximum Gasteiger partial charge on any atom is 0.270 e. The fraction of sp³-hybridized carbons (Fsp3) is 0.333. The second-order valence-corrected chi connectivity index (χ2v) is 13.1. The molecule has 1 fully saturated rings. The van der Waals surface area contributed by atoms with Crippen molar-refractivity contribution < 1.29 is 17.9 Å². The fourth-order valence-corrected chi connectivity index (χ4v) is 6.21. The second-order valence-electron chi connectivity index (χ2n) is 10.2. The van der Waals surface area contributed by atoms with Crippen LogP contribution in [0.4, 0.5) is 5.69 Å². The molecule has 2 N–H and O–H groups in total. The van der Waals surface area contributed by atoms with Crippen LogP contribution in [0.1, 0.15) is 46.8 Å². The number of ether oxygens (including phenoxy) is 1. The van der Waals surface area contributed by atoms with E-state index in [4.69, 9.17) is 9.84 Å². The third-order valence-corrected chi connectivity index (χ3v) is 8.93. The number of carbonyl (C=O) groups excluding carboxylic acids is 1. The normalized spacial score (nSPS) is 13.4. The smallest absolute Gasteiger partial charge is 0.270 e. The minimum atomic E-state index is -3.57. The van der Waals surface area contributed by atoms with Gasteiger partial charge in [0.15, 0.2) is 0 Å². The molecular formula is C30H34BrN5O4S. The molecule has 41 heavy (non-hydrogen) atoms. The van der Waals surface area contributed by atoms with Gasteiger partial charge in [0.05, 0.1) is 30.3 Å². The van der Waals surface area contributed by atoms with Gasteiger partial charge in [-0.15, -0.1) is 0 Å². The average molecular weight is 641 g/mol. The van der Waals surface area contributed by atoms with Gasteiger partial charge < -0.3 is 15.4 Å². The van der Waals surface area contributed by atoms with E-state index in [0.717, 1.165) is 39.9 Å². The summed E-state index contributed by atoms with van der Waals surface area (Å²) in [5.74, 6) is 0.804. The summed E-state index contributed by atoms with van der Waals surface area (Å²) in [6.45, 7) is 1.66. The molecule has 0 bridgehead atoms. The van der Waals surface area contributed by atoms with E-state index in [9.17, 15) is 13.2 Å². The molecule has 0 aliphatic heterocycles. The topological polar surface area (TPSA) is 106 Å². The van der Waals surface area contributed by atoms with Crippen LogP contribution in [0.25, 0.3) is 16.6 Å². The van der Waals surface area contributed by atoms with Gasteiger partial charge in [-0.05, 0) is 91.4 Å². The molecule has 1 saturated carbocycles. The summed E-state index contributed by atoms with van der Waals surface area (Å²) in [4.78, 5) is 13.1. The highest BCUT2D eigenvalue weighted by Gasteiger charge is 2.32. The highest BCUT2D eigenvalue weighted by molar-refractivity contribution is 9.10. The number of fused-ring (bicyclic) bond motifs is 1. The predicted molar refractivity (Wildman–Crippen MR) is 166 cm³/mol. The van der Waals surface area contributed by atoms with Gasteiger partial charge in [-0.1, -0.05) is 28.1 Å². The lowest BCUT2D eigenvalue weighted by atomic mass is 10.0. The van der Waals surface area contributed by atoms with Gasteiger partial charge in [0.25, 0.3) is 5.91 Å². The number of halogens is 1. The van der Waals surface area contributed by atoms with Crippen molar-refractivity contribution >= 4 is 48.5 Å². The summed E-state index contributed by atoms with van der Waals surface area (Å²) < 4.78 is 35.4. The molecule has 1 amide bonds. The van der Waals surface area contributed by atoms with Gasteiger partial charge in [-0.3, -0.25) is 9.10 Å². The Bertz CT molecular complexity index is 1650. The molecule has 216 valence electrons. The van der Waals surface area contributed by atoms with E-state index in [2.05, 4.69) is 26.6 Å². The van der Waals surface area contributed by atoms with Crippen LogP contribution in [0.3, 0.4) is 0 Å². The Hall–Kier alpha value is -3.41. The first-order chi connectivity index (χ1) is 19.7. The third-order valence-electron chi connectivity index (χ3n) is 7.22. The molecule has 0 saturated heterocycles. The molecule has 5 rings (SSSR count). The van der Waals surface area contributed by atoms with Crippen molar-refractivity contribution in [2.75, 3.05) is 37.8 Å². The Kier molecular flexibility index (Phi) is 8.67. The Labute approximate surface area is 249 Å². The number of nitrogens with one attached hydrogen (secondary N) is 2. The molecule has 0 unspecified atom stereocenters. The van der Waals surface area contributed by atoms with E-state index in [1.807, 2.05) is 60.7 Å². The lowest BCUT2D eigenvalue weighted by Gasteiger charge is -2.25. The van der Waals surface area contributed by atoms with Crippen molar-refractivity contribution in [1.29, 1.82) is 0 Å². The van der Waals surface area contributed by atoms with Crippen molar-refractivity contribution in [2.24, 2.45) is 0 Å². The minimum absolute atomic E-state index is 0.250. The highest BCUT2D eigenvalue weighted by atomic mass is 79.9. The lowest BCUT2D eigenvalue weighted by Crippen LogP contribution is -2.33. The maximum absolute atomic E-state index is 13.1. The molecule has 0 spiro atoms. The highest BCUT2D eigenvalue weighted by Crippen LogP contribution is 2.46. The zero-order valence-electron chi connectivity index (χ0n) is 23.4. The standard InChI is InChI=1S/C30H34BrN5O4S/c1-32-30(37)29-26-17-25(21-7-8-21)28(18-27(26)34-36(29)23-11-9-22(31)10-12-23)35(41(3,38)39)16-4-15-33-19-20-5-13-24(40-2)14-6-20/h5-6,9-14,17-18,21,33H,4,7-8,15-16,19H2,1-3H3,(H,32,37). The number of benzene rings is 3. The third kappa shape index (κ3) is 6.58. The number of nitrogens with zero attached hydrogens (tertiary/aromatic N) is 3. The van der Waals surface area contributed by atoms with E-state index in [0.29, 0.717) is 48.3 Å². The molecule has 1 aromatic heterocycles. The van der Waals surface area contributed by atoms with Crippen LogP contribution in [0.5, 0.6) is 5.75 Å². The van der Waals surface area contributed by atoms with Crippen LogP contribution in [0.15, 0.2) is 65.1 Å². The molecule has 0 atom stereocenters. The van der Waals surface area contributed by atoms with Crippen molar-refractivity contribution in [3.63, 3.8) is 0 Å². The van der Waals surface area contributed by atoms with Crippen molar-refractivity contribution in [3.8, 4) is 11.4 Å². The number of anilines is 1. The summed E-state index contributed by atoms with van der Waals surface area (Å²) in [5.41, 5.74) is 4.43. The molecule has 11 heteroatoms. The molecule has 9 nitrogen and oxygen atoms in total. The number of amides is 1. The van der Waals surface area contributed by atoms with Crippen LogP contribution >= 0.6 is 15.9 Å². The minimum Gasteiger partial charge on any atom is -0.497 e. The first-order valence-corrected chi connectivity index (χ1v) is 16.2. The van der Waals surface area contributed by atoms with Gasteiger partial charge in [0.1, 0.15) is 11.4 Å². The van der Waals surface area contributed by atoms with Gasteiger partial charge >= 0.3 is 0 Å². The number of sulfonamides is 1. The van der Waals surface area contributed by atoms with E-state index >= 15 is 0 Å². The van der Waals surface area contributed by atoms with Crippen LogP contribution < -0.4 is 19.7 Å². The zero-order valence-corrected chi connectivity index (χ0v) is 25.8. The van der Waals surface area contributed by atoms with Gasteiger partial charge in [-0.25, -0.2) is 13.1 Å². The Morgan fingerprint density at radius 3 is 2.44 bits per heavy atom. The summed E-state index contributed by atoms with van der Waals surface area (Å²) in [5, 5.41) is 11.6. The van der Waals surface area contributed by atoms with Crippen LogP contribution in [-0.4, -0.2) is 57.6 Å². The molecule has 1 heterocycles. The van der Waals surface area contributed by atoms with Gasteiger partial charge in [-0.2, -0.15) is 5.10 Å². The zero-order chi connectivity index (χ0) is 29.1. The van der Waals surface area contributed by atoms with E-state index < -0.39 is 10.0 Å². The number of aromatic nitrogens is 2. The van der Waals surface area contributed by atoms with E-state index in [1.165, 1.54) is 10.6 Å². The second kappa shape index (κ2) is 12.2. The van der Waals surface area contributed by atoms with Crippen molar-refractivity contribution in [1.82, 2.24) is 20.4 Å². The quantitative estimate of drug-likeness (QED) is 0.212. The van der Waals surface area contributed by atoms with Crippen LogP contribution in [-0.2, 0) is 16.6 Å². The number of rotatable bonds is 12. The Morgan fingerprint density at radius 1 is 1.12 bits per heavy atom.